The van der Waals surface area contributed by atoms with Crippen molar-refractivity contribution >= 4 is 17.9 Å². The Morgan fingerprint density at radius 3 is 2.75 bits per heavy atom. The van der Waals surface area contributed by atoms with Gasteiger partial charge in [0.2, 0.25) is 0 Å². The molecule has 1 aliphatic heterocycles. The van der Waals surface area contributed by atoms with Crippen molar-refractivity contribution in [3.63, 3.8) is 0 Å². The highest BCUT2D eigenvalue weighted by molar-refractivity contribution is 6.02. The Kier molecular flexibility index (Phi) is 4.83. The van der Waals surface area contributed by atoms with Crippen LogP contribution in [0.2, 0.25) is 0 Å². The number of ether oxygens (including phenoxy) is 1. The van der Waals surface area contributed by atoms with E-state index in [4.69, 9.17) is 11.2 Å². The highest BCUT2D eigenvalue weighted by Crippen LogP contribution is 2.60. The second-order valence-electron chi connectivity index (χ2n) is 6.66. The minimum Gasteiger partial charge on any atom is -0.440 e. The number of carbonyl (C=O) groups excluding carboxylic acids is 3. The zero-order valence-corrected chi connectivity index (χ0v) is 14.2. The van der Waals surface area contributed by atoms with E-state index in [1.807, 2.05) is 26.8 Å². The molecule has 0 radical (unpaired) electrons. The number of allylic oxidation sites excluding steroid dienone is 3. The largest absolute Gasteiger partial charge is 0.440 e. The van der Waals surface area contributed by atoms with Gasteiger partial charge in [-0.15, -0.1) is 12.3 Å². The lowest BCUT2D eigenvalue weighted by Crippen LogP contribution is -2.43. The zero-order valence-electron chi connectivity index (χ0n) is 14.2. The van der Waals surface area contributed by atoms with Gasteiger partial charge in [-0.1, -0.05) is 38.2 Å². The lowest BCUT2D eigenvalue weighted by molar-refractivity contribution is -0.161. The van der Waals surface area contributed by atoms with E-state index in [1.54, 1.807) is 6.08 Å². The lowest BCUT2D eigenvalue weighted by Gasteiger charge is -2.23. The van der Waals surface area contributed by atoms with E-state index in [1.165, 1.54) is 0 Å². The van der Waals surface area contributed by atoms with E-state index in [-0.39, 0.29) is 30.2 Å². The molecule has 128 valence electrons. The maximum absolute atomic E-state index is 12.5. The number of esters is 1. The van der Waals surface area contributed by atoms with Crippen LogP contribution in [0, 0.1) is 29.6 Å². The first-order valence-electron chi connectivity index (χ1n) is 7.78. The van der Waals surface area contributed by atoms with Gasteiger partial charge in [0.15, 0.2) is 6.23 Å². The van der Waals surface area contributed by atoms with Gasteiger partial charge in [-0.2, -0.15) is 0 Å². The summed E-state index contributed by atoms with van der Waals surface area (Å²) in [6, 6.07) is -0.595. The lowest BCUT2D eigenvalue weighted by atomic mass is 10.1. The second kappa shape index (κ2) is 6.52. The monoisotopic (exact) mass is 330 g/mol. The summed E-state index contributed by atoms with van der Waals surface area (Å²) in [6.45, 7) is 9.45. The number of nitrogens with zero attached hydrogens (tertiary/aromatic N) is 1. The fraction of sp³-hybridized carbons (Fsp3) is 0.500. The fourth-order valence-corrected chi connectivity index (χ4v) is 3.01. The molecule has 1 saturated heterocycles. The smallest absolute Gasteiger partial charge is 0.327 e. The summed E-state index contributed by atoms with van der Waals surface area (Å²) in [7, 11) is 0. The van der Waals surface area contributed by atoms with E-state index in [2.05, 4.69) is 17.8 Å². The Labute approximate surface area is 141 Å². The van der Waals surface area contributed by atoms with Crippen molar-refractivity contribution in [1.82, 2.24) is 10.2 Å². The number of hydrogen-bond donors (Lipinski definition) is 1. The molecule has 0 aromatic heterocycles. The minimum absolute atomic E-state index is 0.0255. The number of hydrogen-bond acceptors (Lipinski definition) is 4. The van der Waals surface area contributed by atoms with Crippen LogP contribution in [0.1, 0.15) is 27.2 Å². The first-order valence-corrected chi connectivity index (χ1v) is 7.78. The summed E-state index contributed by atoms with van der Waals surface area (Å²) in [5.74, 6) is 1.12. The van der Waals surface area contributed by atoms with Crippen LogP contribution in [0.5, 0.6) is 0 Å². The van der Waals surface area contributed by atoms with Crippen LogP contribution in [0.15, 0.2) is 24.3 Å². The van der Waals surface area contributed by atoms with E-state index in [0.29, 0.717) is 0 Å². The molecule has 6 nitrogen and oxygen atoms in total. The van der Waals surface area contributed by atoms with Crippen molar-refractivity contribution in [2.45, 2.75) is 33.4 Å². The number of nitrogens with one attached hydrogen (secondary N) is 1. The number of terminal acetylenes is 1. The standard InChI is InChI=1S/C18H22N2O4/c1-6-8-14(20-13(21)10-19-17(20)23)24-16(22)15-12(18(15,4)5)9-11(3)7-2/h1,7,9,12,14-15H,2,8,10H2,3-5H3,(H,19,23). The van der Waals surface area contributed by atoms with Gasteiger partial charge in [-0.05, 0) is 18.3 Å². The molecular weight excluding hydrogens is 308 g/mol. The molecule has 2 rings (SSSR count). The summed E-state index contributed by atoms with van der Waals surface area (Å²) in [4.78, 5) is 37.0. The Morgan fingerprint density at radius 1 is 1.58 bits per heavy atom. The summed E-state index contributed by atoms with van der Waals surface area (Å²) in [6.07, 6.45) is 7.90. The van der Waals surface area contributed by atoms with Crippen molar-refractivity contribution in [1.29, 1.82) is 0 Å². The molecule has 1 saturated carbocycles. The molecule has 6 heteroatoms. The molecule has 1 heterocycles. The van der Waals surface area contributed by atoms with Gasteiger partial charge in [0.25, 0.3) is 5.91 Å². The molecule has 24 heavy (non-hydrogen) atoms. The van der Waals surface area contributed by atoms with Gasteiger partial charge in [0, 0.05) is 0 Å². The molecule has 3 atom stereocenters. The van der Waals surface area contributed by atoms with E-state index in [0.717, 1.165) is 10.5 Å². The van der Waals surface area contributed by atoms with E-state index in [9.17, 15) is 14.4 Å². The average molecular weight is 330 g/mol. The molecule has 3 amide bonds. The molecule has 0 spiro atoms. The predicted octanol–water partition coefficient (Wildman–Crippen LogP) is 1.84. The SMILES string of the molecule is C#CCC(OC(=O)C1C(C=C(C)C=C)C1(C)C)N1C(=O)CNC1=O. The number of rotatable bonds is 6. The number of urea groups is 1. The van der Waals surface area contributed by atoms with E-state index >= 15 is 0 Å². The summed E-state index contributed by atoms with van der Waals surface area (Å²) in [5.41, 5.74) is 0.733. The van der Waals surface area contributed by atoms with Crippen molar-refractivity contribution in [2.75, 3.05) is 6.54 Å². The van der Waals surface area contributed by atoms with Gasteiger partial charge in [-0.25, -0.2) is 9.69 Å². The number of carbonyl (C=O) groups is 3. The van der Waals surface area contributed by atoms with Crippen LogP contribution in [0.4, 0.5) is 4.79 Å². The van der Waals surface area contributed by atoms with Crippen LogP contribution < -0.4 is 5.32 Å². The molecule has 0 aromatic rings. The summed E-state index contributed by atoms with van der Waals surface area (Å²) < 4.78 is 5.43. The predicted molar refractivity (Wildman–Crippen MR) is 88.3 cm³/mol. The van der Waals surface area contributed by atoms with Crippen LogP contribution in [-0.4, -0.2) is 35.6 Å². The molecule has 0 bridgehead atoms. The van der Waals surface area contributed by atoms with Crippen molar-refractivity contribution < 1.29 is 19.1 Å². The third kappa shape index (κ3) is 3.21. The summed E-state index contributed by atoms with van der Waals surface area (Å²) in [5, 5.41) is 2.39. The molecule has 2 fully saturated rings. The molecule has 3 unspecified atom stereocenters. The topological polar surface area (TPSA) is 75.7 Å². The third-order valence-electron chi connectivity index (χ3n) is 4.64. The number of imide groups is 1. The Bertz CT molecular complexity index is 640. The van der Waals surface area contributed by atoms with Gasteiger partial charge >= 0.3 is 12.0 Å². The second-order valence-corrected chi connectivity index (χ2v) is 6.66. The van der Waals surface area contributed by atoms with Gasteiger partial charge < -0.3 is 10.1 Å². The molecule has 1 aliphatic carbocycles. The maximum atomic E-state index is 12.5. The van der Waals surface area contributed by atoms with Crippen molar-refractivity contribution in [3.8, 4) is 12.3 Å². The maximum Gasteiger partial charge on any atom is 0.327 e. The normalized spacial score (nSPS) is 26.4. The Morgan fingerprint density at radius 2 is 2.25 bits per heavy atom. The van der Waals surface area contributed by atoms with Crippen LogP contribution in [0.3, 0.4) is 0 Å². The molecular formula is C18H22N2O4. The fourth-order valence-electron chi connectivity index (χ4n) is 3.01. The first-order chi connectivity index (χ1) is 11.2. The average Bonchev–Trinajstić information content (AvgIpc) is 2.87. The van der Waals surface area contributed by atoms with Crippen molar-refractivity contribution in [2.24, 2.45) is 17.3 Å². The molecule has 2 aliphatic rings. The van der Waals surface area contributed by atoms with Gasteiger partial charge in [0.1, 0.15) is 0 Å². The first kappa shape index (κ1) is 17.8. The minimum atomic E-state index is -1.07. The Hall–Kier alpha value is -2.55. The highest BCUT2D eigenvalue weighted by atomic mass is 16.6. The number of amides is 3. The molecule has 0 aromatic carbocycles. The van der Waals surface area contributed by atoms with Crippen LogP contribution in [-0.2, 0) is 14.3 Å². The highest BCUT2D eigenvalue weighted by Gasteiger charge is 2.62. The zero-order chi connectivity index (χ0) is 18.1. The van der Waals surface area contributed by atoms with E-state index < -0.39 is 24.1 Å². The van der Waals surface area contributed by atoms with Crippen LogP contribution in [0.25, 0.3) is 0 Å². The summed E-state index contributed by atoms with van der Waals surface area (Å²) >= 11 is 0. The van der Waals surface area contributed by atoms with Crippen LogP contribution >= 0.6 is 0 Å². The third-order valence-corrected chi connectivity index (χ3v) is 4.64. The Balaban J connectivity index is 2.12. The van der Waals surface area contributed by atoms with Gasteiger partial charge in [0.05, 0.1) is 18.9 Å². The van der Waals surface area contributed by atoms with Crippen molar-refractivity contribution in [3.05, 3.63) is 24.3 Å². The van der Waals surface area contributed by atoms with Gasteiger partial charge in [-0.3, -0.25) is 9.59 Å². The molecule has 1 N–H and O–H groups in total. The quantitative estimate of drug-likeness (QED) is 0.349.